The summed E-state index contributed by atoms with van der Waals surface area (Å²) in [6.07, 6.45) is 5.79. The Labute approximate surface area is 203 Å². The number of carbonyl (C=O) groups is 2. The molecule has 0 radical (unpaired) electrons. The minimum absolute atomic E-state index is 0.0261. The SMILES string of the molecule is O=C(O)[C@H](Cc1c[nH]c2ccccc12)NC(=O)[C@@H](c1ccc2c(c1)OCO2)[C@@H](O)C1CCCCC1. The Kier molecular flexibility index (Phi) is 6.63. The van der Waals surface area contributed by atoms with E-state index in [1.54, 1.807) is 24.4 Å². The number of aromatic amines is 1. The summed E-state index contributed by atoms with van der Waals surface area (Å²) < 4.78 is 10.9. The molecular formula is C27H30N2O6. The van der Waals surface area contributed by atoms with Gasteiger partial charge in [-0.3, -0.25) is 4.79 Å². The predicted octanol–water partition coefficient (Wildman–Crippen LogP) is 3.73. The summed E-state index contributed by atoms with van der Waals surface area (Å²) in [7, 11) is 0. The number of rotatable bonds is 8. The number of nitrogens with one attached hydrogen (secondary N) is 2. The highest BCUT2D eigenvalue weighted by Crippen LogP contribution is 2.39. The van der Waals surface area contributed by atoms with Crippen molar-refractivity contribution < 1.29 is 29.3 Å². The second kappa shape index (κ2) is 10.00. The molecule has 3 atom stereocenters. The molecule has 8 nitrogen and oxygen atoms in total. The van der Waals surface area contributed by atoms with Crippen LogP contribution in [0.3, 0.4) is 0 Å². The van der Waals surface area contributed by atoms with Crippen LogP contribution in [0.1, 0.15) is 49.1 Å². The number of aliphatic hydroxyl groups excluding tert-OH is 1. The van der Waals surface area contributed by atoms with Gasteiger partial charge >= 0.3 is 5.97 Å². The average Bonchev–Trinajstić information content (AvgIpc) is 3.51. The van der Waals surface area contributed by atoms with Crippen LogP contribution in [0.2, 0.25) is 0 Å². The number of aliphatic carboxylic acids is 1. The minimum atomic E-state index is -1.14. The van der Waals surface area contributed by atoms with Crippen LogP contribution in [0.5, 0.6) is 11.5 Å². The van der Waals surface area contributed by atoms with Gasteiger partial charge in [0.25, 0.3) is 0 Å². The van der Waals surface area contributed by atoms with Gasteiger partial charge in [0.05, 0.1) is 12.0 Å². The molecule has 0 bridgehead atoms. The lowest BCUT2D eigenvalue weighted by atomic mass is 9.77. The molecule has 0 spiro atoms. The van der Waals surface area contributed by atoms with Crippen molar-refractivity contribution in [2.45, 2.75) is 56.6 Å². The second-order valence-electron chi connectivity index (χ2n) is 9.44. The number of aromatic nitrogens is 1. The molecule has 1 fully saturated rings. The lowest BCUT2D eigenvalue weighted by Crippen LogP contribution is -2.47. The molecule has 3 aromatic rings. The zero-order valence-corrected chi connectivity index (χ0v) is 19.4. The number of H-pyrrole nitrogens is 1. The molecule has 0 saturated heterocycles. The van der Waals surface area contributed by atoms with Crippen molar-refractivity contribution in [2.24, 2.45) is 5.92 Å². The highest BCUT2D eigenvalue weighted by atomic mass is 16.7. The lowest BCUT2D eigenvalue weighted by Gasteiger charge is -2.32. The number of carboxylic acids is 1. The average molecular weight is 479 g/mol. The molecule has 184 valence electrons. The first-order valence-electron chi connectivity index (χ1n) is 12.2. The predicted molar refractivity (Wildman–Crippen MR) is 129 cm³/mol. The number of amides is 1. The molecular weight excluding hydrogens is 448 g/mol. The van der Waals surface area contributed by atoms with Crippen molar-refractivity contribution in [2.75, 3.05) is 6.79 Å². The molecule has 35 heavy (non-hydrogen) atoms. The third kappa shape index (κ3) is 4.84. The van der Waals surface area contributed by atoms with Gasteiger partial charge in [0, 0.05) is 23.5 Å². The van der Waals surface area contributed by atoms with Crippen LogP contribution in [-0.2, 0) is 16.0 Å². The molecule has 1 aromatic heterocycles. The number of para-hydroxylation sites is 1. The van der Waals surface area contributed by atoms with E-state index < -0.39 is 29.9 Å². The zero-order chi connectivity index (χ0) is 24.4. The molecule has 8 heteroatoms. The second-order valence-corrected chi connectivity index (χ2v) is 9.44. The van der Waals surface area contributed by atoms with E-state index in [2.05, 4.69) is 10.3 Å². The van der Waals surface area contributed by atoms with E-state index in [1.807, 2.05) is 24.3 Å². The van der Waals surface area contributed by atoms with Gasteiger partial charge in [0.2, 0.25) is 12.7 Å². The summed E-state index contributed by atoms with van der Waals surface area (Å²) in [5.41, 5.74) is 2.30. The van der Waals surface area contributed by atoms with Crippen LogP contribution in [0.4, 0.5) is 0 Å². The summed E-state index contributed by atoms with van der Waals surface area (Å²) in [6, 6.07) is 11.7. The summed E-state index contributed by atoms with van der Waals surface area (Å²) in [5.74, 6) is -1.47. The largest absolute Gasteiger partial charge is 0.480 e. The quantitative estimate of drug-likeness (QED) is 0.392. The summed E-state index contributed by atoms with van der Waals surface area (Å²) in [6.45, 7) is 0.104. The third-order valence-corrected chi connectivity index (χ3v) is 7.23. The van der Waals surface area contributed by atoms with Crippen LogP contribution in [0.15, 0.2) is 48.7 Å². The van der Waals surface area contributed by atoms with Crippen molar-refractivity contribution in [3.05, 3.63) is 59.8 Å². The molecule has 1 saturated carbocycles. The van der Waals surface area contributed by atoms with Crippen molar-refractivity contribution in [3.63, 3.8) is 0 Å². The highest BCUT2D eigenvalue weighted by Gasteiger charge is 2.37. The maximum Gasteiger partial charge on any atom is 0.326 e. The number of hydrogen-bond acceptors (Lipinski definition) is 5. The normalized spacial score (nSPS) is 18.2. The Balaban J connectivity index is 1.41. The number of aliphatic hydroxyl groups is 1. The van der Waals surface area contributed by atoms with E-state index in [4.69, 9.17) is 9.47 Å². The van der Waals surface area contributed by atoms with Crippen LogP contribution in [0, 0.1) is 5.92 Å². The van der Waals surface area contributed by atoms with Crippen molar-refractivity contribution in [1.29, 1.82) is 0 Å². The summed E-state index contributed by atoms with van der Waals surface area (Å²) in [4.78, 5) is 28.9. The van der Waals surface area contributed by atoms with E-state index in [1.165, 1.54) is 0 Å². The lowest BCUT2D eigenvalue weighted by molar-refractivity contribution is -0.142. The van der Waals surface area contributed by atoms with Crippen molar-refractivity contribution >= 4 is 22.8 Å². The van der Waals surface area contributed by atoms with Gasteiger partial charge < -0.3 is 30.0 Å². The molecule has 1 aliphatic carbocycles. The number of hydrogen-bond donors (Lipinski definition) is 4. The fraction of sp³-hybridized carbons (Fsp3) is 0.407. The van der Waals surface area contributed by atoms with E-state index >= 15 is 0 Å². The van der Waals surface area contributed by atoms with E-state index in [9.17, 15) is 19.8 Å². The minimum Gasteiger partial charge on any atom is -0.480 e. The smallest absolute Gasteiger partial charge is 0.326 e. The monoisotopic (exact) mass is 478 g/mol. The van der Waals surface area contributed by atoms with Crippen molar-refractivity contribution in [1.82, 2.24) is 10.3 Å². The first kappa shape index (κ1) is 23.2. The van der Waals surface area contributed by atoms with Crippen LogP contribution < -0.4 is 14.8 Å². The molecule has 5 rings (SSSR count). The van der Waals surface area contributed by atoms with Crippen LogP contribution >= 0.6 is 0 Å². The van der Waals surface area contributed by atoms with Crippen molar-refractivity contribution in [3.8, 4) is 11.5 Å². The molecule has 1 aliphatic heterocycles. The molecule has 0 unspecified atom stereocenters. The number of benzene rings is 2. The van der Waals surface area contributed by atoms with Gasteiger partial charge in [-0.1, -0.05) is 43.5 Å². The van der Waals surface area contributed by atoms with E-state index in [0.717, 1.165) is 48.6 Å². The fourth-order valence-electron chi connectivity index (χ4n) is 5.34. The van der Waals surface area contributed by atoms with E-state index in [-0.39, 0.29) is 19.1 Å². The van der Waals surface area contributed by atoms with Gasteiger partial charge in [-0.05, 0) is 48.1 Å². The van der Waals surface area contributed by atoms with Gasteiger partial charge in [-0.25, -0.2) is 4.79 Å². The molecule has 2 aromatic carbocycles. The maximum absolute atomic E-state index is 13.6. The summed E-state index contributed by atoms with van der Waals surface area (Å²) >= 11 is 0. The van der Waals surface area contributed by atoms with Gasteiger partial charge in [0.15, 0.2) is 11.5 Å². The number of carbonyl (C=O) groups excluding carboxylic acids is 1. The number of ether oxygens (including phenoxy) is 2. The standard InChI is InChI=1S/C27H30N2O6/c30-25(16-6-2-1-3-7-16)24(17-10-11-22-23(13-17)35-15-34-22)26(31)29-21(27(32)33)12-18-14-28-20-9-5-4-8-19(18)20/h4-5,8-11,13-14,16,21,24-25,28,30H,1-3,6-7,12,15H2,(H,29,31)(H,32,33)/t21-,24-,25-/m0/s1. The first-order chi connectivity index (χ1) is 17.0. The van der Waals surface area contributed by atoms with Gasteiger partial charge in [-0.15, -0.1) is 0 Å². The van der Waals surface area contributed by atoms with Gasteiger partial charge in [-0.2, -0.15) is 0 Å². The maximum atomic E-state index is 13.6. The molecule has 4 N–H and O–H groups in total. The Morgan fingerprint density at radius 1 is 1.06 bits per heavy atom. The fourth-order valence-corrected chi connectivity index (χ4v) is 5.34. The van der Waals surface area contributed by atoms with E-state index in [0.29, 0.717) is 17.1 Å². The van der Waals surface area contributed by atoms with Gasteiger partial charge in [0.1, 0.15) is 6.04 Å². The molecule has 1 amide bonds. The highest BCUT2D eigenvalue weighted by molar-refractivity contribution is 5.90. The number of fused-ring (bicyclic) bond motifs is 2. The third-order valence-electron chi connectivity index (χ3n) is 7.23. The molecule has 2 heterocycles. The zero-order valence-electron chi connectivity index (χ0n) is 19.4. The summed E-state index contributed by atoms with van der Waals surface area (Å²) in [5, 5.41) is 24.9. The number of carboxylic acid groups (broad SMARTS) is 1. The molecule has 2 aliphatic rings. The Morgan fingerprint density at radius 3 is 2.63 bits per heavy atom. The Morgan fingerprint density at radius 2 is 1.83 bits per heavy atom. The Hall–Kier alpha value is -3.52. The van der Waals surface area contributed by atoms with Crippen LogP contribution in [0.25, 0.3) is 10.9 Å². The topological polar surface area (TPSA) is 121 Å². The Bertz CT molecular complexity index is 1220. The van der Waals surface area contributed by atoms with Crippen LogP contribution in [-0.4, -0.2) is 46.0 Å². The first-order valence-corrected chi connectivity index (χ1v) is 12.2.